The lowest BCUT2D eigenvalue weighted by Crippen LogP contribution is -2.33. The van der Waals surface area contributed by atoms with E-state index >= 15 is 0 Å². The molecule has 0 radical (unpaired) electrons. The Labute approximate surface area is 124 Å². The van der Waals surface area contributed by atoms with Gasteiger partial charge in [-0.15, -0.1) is 0 Å². The molecule has 1 aliphatic rings. The Hall–Kier alpha value is -2.10. The molecule has 0 bridgehead atoms. The van der Waals surface area contributed by atoms with Crippen LogP contribution in [-0.2, 0) is 11.2 Å². The number of nitrogens with zero attached hydrogens (tertiary/aromatic N) is 1. The topological polar surface area (TPSA) is 55.1 Å². The molecular weight excluding hydrogens is 264 g/mol. The van der Waals surface area contributed by atoms with Gasteiger partial charge in [0.2, 0.25) is 11.8 Å². The number of hydrogen-bond acceptors (Lipinski definition) is 3. The van der Waals surface area contributed by atoms with Gasteiger partial charge in [0.05, 0.1) is 12.1 Å². The molecule has 0 unspecified atom stereocenters. The van der Waals surface area contributed by atoms with Crippen molar-refractivity contribution in [1.82, 2.24) is 10.3 Å². The van der Waals surface area contributed by atoms with Gasteiger partial charge >= 0.3 is 0 Å². The maximum absolute atomic E-state index is 12.1. The summed E-state index contributed by atoms with van der Waals surface area (Å²) in [6.45, 7) is 1.86. The number of aryl methyl sites for hydroxylation is 1. The molecule has 1 aromatic heterocycles. The molecule has 2 aromatic rings. The molecule has 1 heterocycles. The third-order valence-corrected chi connectivity index (χ3v) is 3.96. The molecule has 1 amide bonds. The van der Waals surface area contributed by atoms with Gasteiger partial charge in [-0.25, -0.2) is 4.98 Å². The second-order valence-electron chi connectivity index (χ2n) is 5.61. The second kappa shape index (κ2) is 6.12. The molecule has 4 heteroatoms. The zero-order chi connectivity index (χ0) is 14.7. The van der Waals surface area contributed by atoms with Crippen LogP contribution in [0, 0.1) is 6.92 Å². The smallest absolute Gasteiger partial charge is 0.226 e. The van der Waals surface area contributed by atoms with Gasteiger partial charge < -0.3 is 9.73 Å². The van der Waals surface area contributed by atoms with Crippen molar-refractivity contribution in [3.8, 4) is 11.5 Å². The van der Waals surface area contributed by atoms with Gasteiger partial charge in [-0.3, -0.25) is 4.79 Å². The Morgan fingerprint density at radius 2 is 2.00 bits per heavy atom. The van der Waals surface area contributed by atoms with Crippen LogP contribution in [0.15, 0.2) is 34.7 Å². The number of carbonyl (C=O) groups is 1. The van der Waals surface area contributed by atoms with Crippen molar-refractivity contribution in [3.63, 3.8) is 0 Å². The maximum atomic E-state index is 12.1. The minimum atomic E-state index is 0.0397. The van der Waals surface area contributed by atoms with Crippen LogP contribution in [-0.4, -0.2) is 16.9 Å². The van der Waals surface area contributed by atoms with Crippen molar-refractivity contribution >= 4 is 5.91 Å². The molecule has 1 aromatic carbocycles. The Kier molecular flexibility index (Phi) is 4.04. The number of carbonyl (C=O) groups excluding carboxylic acids is 1. The highest BCUT2D eigenvalue weighted by Gasteiger charge is 2.19. The highest BCUT2D eigenvalue weighted by Crippen LogP contribution is 2.22. The fourth-order valence-electron chi connectivity index (χ4n) is 2.80. The van der Waals surface area contributed by atoms with E-state index in [1.54, 1.807) is 0 Å². The number of rotatable bonds is 4. The van der Waals surface area contributed by atoms with Crippen molar-refractivity contribution in [3.05, 3.63) is 41.8 Å². The molecular formula is C17H20N2O2. The minimum absolute atomic E-state index is 0.0397. The largest absolute Gasteiger partial charge is 0.441 e. The van der Waals surface area contributed by atoms with Crippen LogP contribution in [0.5, 0.6) is 0 Å². The normalized spacial score (nSPS) is 15.3. The first-order chi connectivity index (χ1) is 10.2. The average molecular weight is 284 g/mol. The van der Waals surface area contributed by atoms with Gasteiger partial charge in [-0.1, -0.05) is 31.0 Å². The van der Waals surface area contributed by atoms with Crippen LogP contribution in [0.2, 0.25) is 0 Å². The minimum Gasteiger partial charge on any atom is -0.441 e. The molecule has 3 rings (SSSR count). The summed E-state index contributed by atoms with van der Waals surface area (Å²) in [6.07, 6.45) is 4.91. The maximum Gasteiger partial charge on any atom is 0.226 e. The van der Waals surface area contributed by atoms with Crippen LogP contribution in [0.3, 0.4) is 0 Å². The van der Waals surface area contributed by atoms with Gasteiger partial charge in [0, 0.05) is 11.6 Å². The van der Waals surface area contributed by atoms with E-state index in [4.69, 9.17) is 4.42 Å². The predicted molar refractivity (Wildman–Crippen MR) is 80.8 cm³/mol. The number of benzene rings is 1. The summed E-state index contributed by atoms with van der Waals surface area (Å²) in [7, 11) is 0. The first-order valence-electron chi connectivity index (χ1n) is 7.53. The average Bonchev–Trinajstić information content (AvgIpc) is 3.11. The molecule has 0 atom stereocenters. The van der Waals surface area contributed by atoms with Gasteiger partial charge in [0.25, 0.3) is 0 Å². The quantitative estimate of drug-likeness (QED) is 0.937. The van der Waals surface area contributed by atoms with Crippen LogP contribution in [0.1, 0.15) is 37.1 Å². The highest BCUT2D eigenvalue weighted by atomic mass is 16.4. The van der Waals surface area contributed by atoms with Crippen molar-refractivity contribution < 1.29 is 9.21 Å². The predicted octanol–water partition coefficient (Wildman–Crippen LogP) is 3.25. The number of oxazole rings is 1. The zero-order valence-electron chi connectivity index (χ0n) is 12.3. The molecule has 1 saturated carbocycles. The summed E-state index contributed by atoms with van der Waals surface area (Å²) in [6, 6.07) is 10.1. The van der Waals surface area contributed by atoms with E-state index in [0.29, 0.717) is 18.4 Å². The fraction of sp³-hybridized carbons (Fsp3) is 0.412. The van der Waals surface area contributed by atoms with Crippen LogP contribution in [0.25, 0.3) is 11.5 Å². The molecule has 21 heavy (non-hydrogen) atoms. The van der Waals surface area contributed by atoms with Gasteiger partial charge in [0.15, 0.2) is 0 Å². The van der Waals surface area contributed by atoms with E-state index in [2.05, 4.69) is 10.3 Å². The lowest BCUT2D eigenvalue weighted by Gasteiger charge is -2.10. The number of nitrogens with one attached hydrogen (secondary N) is 1. The lowest BCUT2D eigenvalue weighted by atomic mass is 10.2. The molecule has 0 spiro atoms. The highest BCUT2D eigenvalue weighted by molar-refractivity contribution is 5.78. The molecule has 0 saturated heterocycles. The second-order valence-corrected chi connectivity index (χ2v) is 5.61. The molecule has 110 valence electrons. The summed E-state index contributed by atoms with van der Waals surface area (Å²) in [4.78, 5) is 16.5. The molecule has 1 fully saturated rings. The van der Waals surface area contributed by atoms with Crippen LogP contribution >= 0.6 is 0 Å². The summed E-state index contributed by atoms with van der Waals surface area (Å²) in [5, 5.41) is 3.08. The summed E-state index contributed by atoms with van der Waals surface area (Å²) >= 11 is 0. The van der Waals surface area contributed by atoms with Crippen LogP contribution in [0.4, 0.5) is 0 Å². The third-order valence-electron chi connectivity index (χ3n) is 3.96. The lowest BCUT2D eigenvalue weighted by molar-refractivity contribution is -0.121. The van der Waals surface area contributed by atoms with E-state index in [9.17, 15) is 4.79 Å². The van der Waals surface area contributed by atoms with E-state index in [-0.39, 0.29) is 5.91 Å². The zero-order valence-corrected chi connectivity index (χ0v) is 12.3. The van der Waals surface area contributed by atoms with Gasteiger partial charge in [-0.2, -0.15) is 0 Å². The van der Waals surface area contributed by atoms with E-state index in [1.165, 1.54) is 12.8 Å². The van der Waals surface area contributed by atoms with Crippen molar-refractivity contribution in [2.24, 2.45) is 0 Å². The molecule has 0 aliphatic heterocycles. The summed E-state index contributed by atoms with van der Waals surface area (Å²) in [5.41, 5.74) is 1.66. The Bertz CT molecular complexity index is 613. The van der Waals surface area contributed by atoms with E-state index in [0.717, 1.165) is 29.9 Å². The summed E-state index contributed by atoms with van der Waals surface area (Å²) < 4.78 is 5.68. The standard InChI is InChI=1S/C17H20N2O2/c1-12-15(11-16(20)18-14-9-5-6-10-14)19-17(21-12)13-7-3-2-4-8-13/h2-4,7-8,14H,5-6,9-11H2,1H3,(H,18,20). The SMILES string of the molecule is Cc1oc(-c2ccccc2)nc1CC(=O)NC1CCCC1. The number of aromatic nitrogens is 1. The monoisotopic (exact) mass is 284 g/mol. The molecule has 1 aliphatic carbocycles. The first-order valence-corrected chi connectivity index (χ1v) is 7.53. The Balaban J connectivity index is 1.68. The Morgan fingerprint density at radius 1 is 1.29 bits per heavy atom. The molecule has 4 nitrogen and oxygen atoms in total. The van der Waals surface area contributed by atoms with Crippen molar-refractivity contribution in [2.45, 2.75) is 45.1 Å². The summed E-state index contributed by atoms with van der Waals surface area (Å²) in [5.74, 6) is 1.34. The van der Waals surface area contributed by atoms with E-state index in [1.807, 2.05) is 37.3 Å². The van der Waals surface area contributed by atoms with Crippen molar-refractivity contribution in [1.29, 1.82) is 0 Å². The number of amides is 1. The van der Waals surface area contributed by atoms with Gasteiger partial charge in [0.1, 0.15) is 5.76 Å². The molecule has 1 N–H and O–H groups in total. The van der Waals surface area contributed by atoms with Crippen molar-refractivity contribution in [2.75, 3.05) is 0 Å². The van der Waals surface area contributed by atoms with Crippen LogP contribution < -0.4 is 5.32 Å². The Morgan fingerprint density at radius 3 is 2.71 bits per heavy atom. The van der Waals surface area contributed by atoms with E-state index < -0.39 is 0 Å². The third kappa shape index (κ3) is 3.32. The fourth-order valence-corrected chi connectivity index (χ4v) is 2.80. The van der Waals surface area contributed by atoms with Gasteiger partial charge in [-0.05, 0) is 31.9 Å². The first kappa shape index (κ1) is 13.9. The number of hydrogen-bond donors (Lipinski definition) is 1.